The molecule has 0 aliphatic carbocycles. The molecule has 0 bridgehead atoms. The van der Waals surface area contributed by atoms with Crippen LogP contribution in [0.2, 0.25) is 0 Å². The number of rotatable bonds is 9. The summed E-state index contributed by atoms with van der Waals surface area (Å²) in [4.78, 5) is 23.8. The molecule has 9 heteroatoms. The number of thiazole rings is 1. The van der Waals surface area contributed by atoms with Gasteiger partial charge in [-0.2, -0.15) is 0 Å². The van der Waals surface area contributed by atoms with Gasteiger partial charge in [-0.25, -0.2) is 13.4 Å². The number of amides is 1. The first-order valence-electron chi connectivity index (χ1n) is 10.4. The fraction of sp³-hybridized carbons (Fsp3) is 0.208. The number of carbonyl (C=O) groups is 1. The van der Waals surface area contributed by atoms with Crippen molar-refractivity contribution in [3.8, 4) is 5.75 Å². The summed E-state index contributed by atoms with van der Waals surface area (Å²) in [6.07, 6.45) is 3.67. The van der Waals surface area contributed by atoms with Crippen LogP contribution in [0.4, 0.5) is 5.13 Å². The lowest BCUT2D eigenvalue weighted by molar-refractivity contribution is -0.118. The maximum atomic E-state index is 13.2. The van der Waals surface area contributed by atoms with E-state index in [0.29, 0.717) is 17.4 Å². The van der Waals surface area contributed by atoms with Crippen molar-refractivity contribution in [1.29, 1.82) is 0 Å². The molecule has 0 saturated heterocycles. The predicted octanol–water partition coefficient (Wildman–Crippen LogP) is 4.49. The number of sulfone groups is 1. The summed E-state index contributed by atoms with van der Waals surface area (Å²) >= 11 is 1.41. The number of aromatic nitrogens is 2. The molecule has 0 aliphatic rings. The Hall–Kier alpha value is -3.30. The molecule has 7 nitrogen and oxygen atoms in total. The van der Waals surface area contributed by atoms with Crippen molar-refractivity contribution in [2.45, 2.75) is 24.3 Å². The first-order valence-corrected chi connectivity index (χ1v) is 12.8. The van der Waals surface area contributed by atoms with Crippen molar-refractivity contribution in [2.75, 3.05) is 17.8 Å². The summed E-state index contributed by atoms with van der Waals surface area (Å²) in [6.45, 7) is 0.323. The van der Waals surface area contributed by atoms with Crippen LogP contribution in [0, 0.1) is 0 Å². The highest BCUT2D eigenvalue weighted by atomic mass is 32.2. The molecular formula is C24H23N3O4S2. The van der Waals surface area contributed by atoms with Crippen LogP contribution in [0.3, 0.4) is 0 Å². The molecule has 0 aliphatic heterocycles. The summed E-state index contributed by atoms with van der Waals surface area (Å²) in [5.41, 5.74) is 1.65. The first kappa shape index (κ1) is 22.9. The molecule has 0 unspecified atom stereocenters. The van der Waals surface area contributed by atoms with Gasteiger partial charge in [-0.15, -0.1) is 0 Å². The summed E-state index contributed by atoms with van der Waals surface area (Å²) < 4.78 is 31.3. The summed E-state index contributed by atoms with van der Waals surface area (Å²) in [5.74, 6) is 0.418. The van der Waals surface area contributed by atoms with Crippen molar-refractivity contribution in [1.82, 2.24) is 9.97 Å². The number of fused-ring (bicyclic) bond motifs is 1. The van der Waals surface area contributed by atoms with Gasteiger partial charge in [-0.3, -0.25) is 14.7 Å². The first-order chi connectivity index (χ1) is 16.0. The topological polar surface area (TPSA) is 89.5 Å². The van der Waals surface area contributed by atoms with E-state index in [-0.39, 0.29) is 29.4 Å². The zero-order chi connectivity index (χ0) is 23.3. The molecule has 0 N–H and O–H groups in total. The highest BCUT2D eigenvalue weighted by Crippen LogP contribution is 2.32. The maximum absolute atomic E-state index is 13.2. The molecule has 4 rings (SSSR count). The minimum absolute atomic E-state index is 0.0936. The minimum atomic E-state index is -3.44. The largest absolute Gasteiger partial charge is 0.497 e. The third-order valence-electron chi connectivity index (χ3n) is 5.11. The van der Waals surface area contributed by atoms with E-state index in [2.05, 4.69) is 9.97 Å². The van der Waals surface area contributed by atoms with E-state index in [1.54, 1.807) is 54.7 Å². The average Bonchev–Trinajstić information content (AvgIpc) is 3.26. The zero-order valence-corrected chi connectivity index (χ0v) is 19.7. The van der Waals surface area contributed by atoms with Crippen molar-refractivity contribution in [2.24, 2.45) is 0 Å². The van der Waals surface area contributed by atoms with E-state index >= 15 is 0 Å². The molecule has 1 amide bonds. The van der Waals surface area contributed by atoms with Crippen molar-refractivity contribution < 1.29 is 17.9 Å². The molecule has 0 atom stereocenters. The van der Waals surface area contributed by atoms with Gasteiger partial charge in [0.25, 0.3) is 0 Å². The minimum Gasteiger partial charge on any atom is -0.497 e. The molecule has 0 radical (unpaired) electrons. The van der Waals surface area contributed by atoms with E-state index in [0.717, 1.165) is 15.8 Å². The number of anilines is 1. The number of methoxy groups -OCH3 is 1. The van der Waals surface area contributed by atoms with E-state index in [1.165, 1.54) is 11.3 Å². The second kappa shape index (κ2) is 10.1. The highest BCUT2D eigenvalue weighted by Gasteiger charge is 2.22. The predicted molar refractivity (Wildman–Crippen MR) is 129 cm³/mol. The van der Waals surface area contributed by atoms with Crippen LogP contribution < -0.4 is 9.64 Å². The van der Waals surface area contributed by atoms with E-state index in [9.17, 15) is 13.2 Å². The molecular weight excluding hydrogens is 458 g/mol. The van der Waals surface area contributed by atoms with Gasteiger partial charge in [0.15, 0.2) is 15.0 Å². The molecule has 2 aromatic heterocycles. The number of carbonyl (C=O) groups excluding carboxylic acids is 1. The molecule has 2 aromatic carbocycles. The third kappa shape index (κ3) is 5.55. The van der Waals surface area contributed by atoms with Crippen LogP contribution in [0.15, 0.2) is 78.0 Å². The van der Waals surface area contributed by atoms with Gasteiger partial charge < -0.3 is 4.74 Å². The Labute approximate surface area is 196 Å². The number of hydrogen-bond acceptors (Lipinski definition) is 7. The molecule has 170 valence electrons. The Morgan fingerprint density at radius 3 is 2.55 bits per heavy atom. The van der Waals surface area contributed by atoms with Crippen LogP contribution >= 0.6 is 11.3 Å². The SMILES string of the molecule is COc1ccc2sc(N(Cc3ccncc3)C(=O)CCCS(=O)(=O)c3ccccc3)nc2c1. The lowest BCUT2D eigenvalue weighted by Gasteiger charge is -2.20. The lowest BCUT2D eigenvalue weighted by atomic mass is 10.2. The summed E-state index contributed by atoms with van der Waals surface area (Å²) in [6, 6.07) is 17.6. The van der Waals surface area contributed by atoms with Gasteiger partial charge in [-0.1, -0.05) is 29.5 Å². The average molecular weight is 482 g/mol. The van der Waals surface area contributed by atoms with Gasteiger partial charge >= 0.3 is 0 Å². The Morgan fingerprint density at radius 1 is 1.06 bits per heavy atom. The number of ether oxygens (including phenoxy) is 1. The van der Waals surface area contributed by atoms with Gasteiger partial charge in [0.2, 0.25) is 5.91 Å². The van der Waals surface area contributed by atoms with Crippen molar-refractivity contribution >= 4 is 42.4 Å². The molecule has 0 fully saturated rings. The van der Waals surface area contributed by atoms with Crippen LogP contribution in [0.5, 0.6) is 5.75 Å². The van der Waals surface area contributed by atoms with Gasteiger partial charge in [0.1, 0.15) is 5.75 Å². The molecule has 0 spiro atoms. The van der Waals surface area contributed by atoms with Crippen molar-refractivity contribution in [3.05, 3.63) is 78.6 Å². The molecule has 33 heavy (non-hydrogen) atoms. The van der Waals surface area contributed by atoms with E-state index < -0.39 is 9.84 Å². The Balaban J connectivity index is 1.54. The quantitative estimate of drug-likeness (QED) is 0.350. The van der Waals surface area contributed by atoms with E-state index in [4.69, 9.17) is 4.74 Å². The Morgan fingerprint density at radius 2 is 1.82 bits per heavy atom. The summed E-state index contributed by atoms with van der Waals surface area (Å²) in [7, 11) is -1.84. The number of pyridine rings is 1. The highest BCUT2D eigenvalue weighted by molar-refractivity contribution is 7.91. The van der Waals surface area contributed by atoms with Gasteiger partial charge in [0, 0.05) is 24.9 Å². The second-order valence-corrected chi connectivity index (χ2v) is 10.5. The van der Waals surface area contributed by atoms with E-state index in [1.807, 2.05) is 30.3 Å². The molecule has 2 heterocycles. The van der Waals surface area contributed by atoms with Crippen LogP contribution in [-0.4, -0.2) is 37.2 Å². The normalized spacial score (nSPS) is 11.4. The molecule has 4 aromatic rings. The van der Waals surface area contributed by atoms with Crippen LogP contribution in [0.25, 0.3) is 10.2 Å². The number of benzene rings is 2. The standard InChI is InChI=1S/C24H23N3O4S2/c1-31-19-9-10-22-21(16-19)26-24(32-22)27(17-18-11-13-25-14-12-18)23(28)8-5-15-33(29,30)20-6-3-2-4-7-20/h2-4,6-7,9-14,16H,5,8,15,17H2,1H3. The summed E-state index contributed by atoms with van der Waals surface area (Å²) in [5, 5.41) is 0.561. The Bertz CT molecular complexity index is 1340. The second-order valence-electron chi connectivity index (χ2n) is 7.40. The molecule has 0 saturated carbocycles. The number of hydrogen-bond donors (Lipinski definition) is 0. The van der Waals surface area contributed by atoms with Crippen molar-refractivity contribution in [3.63, 3.8) is 0 Å². The number of nitrogens with zero attached hydrogens (tertiary/aromatic N) is 3. The monoisotopic (exact) mass is 481 g/mol. The van der Waals surface area contributed by atoms with Crippen LogP contribution in [0.1, 0.15) is 18.4 Å². The third-order valence-corrected chi connectivity index (χ3v) is 7.99. The lowest BCUT2D eigenvalue weighted by Crippen LogP contribution is -2.30. The Kier molecular flexibility index (Phi) is 7.00. The zero-order valence-electron chi connectivity index (χ0n) is 18.0. The van der Waals surface area contributed by atoms with Crippen LogP contribution in [-0.2, 0) is 21.2 Å². The smallest absolute Gasteiger partial charge is 0.229 e. The van der Waals surface area contributed by atoms with Gasteiger partial charge in [-0.05, 0) is 48.4 Å². The maximum Gasteiger partial charge on any atom is 0.229 e. The fourth-order valence-corrected chi connectivity index (χ4v) is 5.66. The fourth-order valence-electron chi connectivity index (χ4n) is 3.36. The van der Waals surface area contributed by atoms with Gasteiger partial charge in [0.05, 0.1) is 34.5 Å².